The molecule has 0 aliphatic carbocycles. The smallest absolute Gasteiger partial charge is 0.333 e. The molecule has 1 aromatic rings. The number of amides is 5. The molecule has 8 heteroatoms. The molecule has 1 aliphatic heterocycles. The van der Waals surface area contributed by atoms with E-state index in [1.807, 2.05) is 0 Å². The average Bonchev–Trinajstić information content (AvgIpc) is 2.47. The summed E-state index contributed by atoms with van der Waals surface area (Å²) in [5.74, 6) is -2.98. The molecule has 1 atom stereocenters. The summed E-state index contributed by atoms with van der Waals surface area (Å²) in [6.45, 7) is 3.24. The highest BCUT2D eigenvalue weighted by atomic mass is 79.9. The van der Waals surface area contributed by atoms with Crippen LogP contribution in [0.2, 0.25) is 0 Å². The highest BCUT2D eigenvalue weighted by Crippen LogP contribution is 2.34. The molecule has 7 nitrogen and oxygen atoms in total. The second-order valence-electron chi connectivity index (χ2n) is 5.54. The van der Waals surface area contributed by atoms with Crippen molar-refractivity contribution in [2.75, 3.05) is 7.05 Å². The van der Waals surface area contributed by atoms with Gasteiger partial charge in [0.05, 0.1) is 0 Å². The number of hydrogen-bond donors (Lipinski definition) is 1. The van der Waals surface area contributed by atoms with E-state index < -0.39 is 35.2 Å². The van der Waals surface area contributed by atoms with E-state index in [2.05, 4.69) is 15.9 Å². The minimum absolute atomic E-state index is 0.133. The van der Waals surface area contributed by atoms with Crippen molar-refractivity contribution in [1.29, 1.82) is 0 Å². The van der Waals surface area contributed by atoms with Crippen molar-refractivity contribution in [2.45, 2.75) is 25.3 Å². The van der Waals surface area contributed by atoms with Crippen LogP contribution in [0.15, 0.2) is 28.7 Å². The standard InChI is InChI=1S/C15H16BrN3O4/c1-8(2)19-13(22)15(11(17)20,12(21)18(3)14(19)23)9-4-6-10(16)7-5-9/h4-8H,1-3H3,(H2,17,20). The molecule has 2 rings (SSSR count). The molecule has 5 amide bonds. The van der Waals surface area contributed by atoms with Crippen LogP contribution >= 0.6 is 15.9 Å². The lowest BCUT2D eigenvalue weighted by Gasteiger charge is -2.42. The Morgan fingerprint density at radius 3 is 2.09 bits per heavy atom. The van der Waals surface area contributed by atoms with Crippen molar-refractivity contribution in [3.63, 3.8) is 0 Å². The number of carbonyl (C=O) groups is 4. The van der Waals surface area contributed by atoms with Crippen molar-refractivity contribution in [1.82, 2.24) is 9.80 Å². The van der Waals surface area contributed by atoms with Crippen molar-refractivity contribution in [2.24, 2.45) is 5.73 Å². The zero-order valence-corrected chi connectivity index (χ0v) is 14.5. The molecule has 23 heavy (non-hydrogen) atoms. The summed E-state index contributed by atoms with van der Waals surface area (Å²) in [6, 6.07) is 4.82. The van der Waals surface area contributed by atoms with Crippen LogP contribution in [0.25, 0.3) is 0 Å². The number of nitrogens with two attached hydrogens (primary N) is 1. The Hall–Kier alpha value is -2.22. The van der Waals surface area contributed by atoms with Gasteiger partial charge in [-0.2, -0.15) is 0 Å². The van der Waals surface area contributed by atoms with Crippen LogP contribution < -0.4 is 5.73 Å². The fraction of sp³-hybridized carbons (Fsp3) is 0.333. The molecule has 0 bridgehead atoms. The Morgan fingerprint density at radius 2 is 1.65 bits per heavy atom. The molecule has 0 spiro atoms. The molecule has 0 aromatic heterocycles. The first kappa shape index (κ1) is 17.1. The molecule has 2 N–H and O–H groups in total. The predicted molar refractivity (Wildman–Crippen MR) is 85.2 cm³/mol. The Labute approximate surface area is 141 Å². The third kappa shape index (κ3) is 2.33. The fourth-order valence-corrected chi connectivity index (χ4v) is 2.88. The molecule has 122 valence electrons. The zero-order valence-electron chi connectivity index (χ0n) is 12.9. The van der Waals surface area contributed by atoms with E-state index in [0.29, 0.717) is 4.47 Å². The number of benzene rings is 1. The maximum Gasteiger partial charge on any atom is 0.333 e. The number of primary amides is 1. The van der Waals surface area contributed by atoms with Crippen molar-refractivity contribution < 1.29 is 19.2 Å². The van der Waals surface area contributed by atoms with Gasteiger partial charge in [0.25, 0.3) is 11.8 Å². The van der Waals surface area contributed by atoms with E-state index >= 15 is 0 Å². The summed E-state index contributed by atoms with van der Waals surface area (Å²) < 4.78 is 0.710. The minimum atomic E-state index is -2.24. The third-order valence-corrected chi connectivity index (χ3v) is 4.35. The number of barbiturate groups is 1. The second kappa shape index (κ2) is 5.77. The summed E-state index contributed by atoms with van der Waals surface area (Å²) in [4.78, 5) is 51.7. The highest BCUT2D eigenvalue weighted by molar-refractivity contribution is 9.10. The first-order valence-electron chi connectivity index (χ1n) is 6.87. The number of nitrogens with zero attached hydrogens (tertiary/aromatic N) is 2. The minimum Gasteiger partial charge on any atom is -0.368 e. The average molecular weight is 382 g/mol. The fourth-order valence-electron chi connectivity index (χ4n) is 2.61. The Kier molecular flexibility index (Phi) is 4.30. The van der Waals surface area contributed by atoms with Crippen molar-refractivity contribution >= 4 is 39.7 Å². The van der Waals surface area contributed by atoms with Gasteiger partial charge < -0.3 is 5.73 Å². The van der Waals surface area contributed by atoms with Gasteiger partial charge in [-0.1, -0.05) is 28.1 Å². The molecule has 1 fully saturated rings. The first-order valence-corrected chi connectivity index (χ1v) is 7.66. The first-order chi connectivity index (χ1) is 10.7. The normalized spacial score (nSPS) is 22.0. The highest BCUT2D eigenvalue weighted by Gasteiger charge is 2.62. The number of halogens is 1. The monoisotopic (exact) mass is 381 g/mol. The van der Waals surface area contributed by atoms with Crippen LogP contribution in [-0.4, -0.2) is 46.6 Å². The molecule has 1 unspecified atom stereocenters. The van der Waals surface area contributed by atoms with Gasteiger partial charge in [0, 0.05) is 17.6 Å². The Balaban J connectivity index is 2.76. The Bertz CT molecular complexity index is 701. The number of likely N-dealkylation sites (N-methyl/N-ethyl adjacent to an activating group) is 1. The van der Waals surface area contributed by atoms with E-state index in [1.54, 1.807) is 26.0 Å². The number of rotatable bonds is 3. The molecular formula is C15H16BrN3O4. The second-order valence-corrected chi connectivity index (χ2v) is 6.45. The lowest BCUT2D eigenvalue weighted by Crippen LogP contribution is -2.71. The van der Waals surface area contributed by atoms with Gasteiger partial charge in [-0.15, -0.1) is 0 Å². The maximum atomic E-state index is 12.9. The van der Waals surface area contributed by atoms with E-state index in [9.17, 15) is 19.2 Å². The molecule has 1 aliphatic rings. The molecule has 1 saturated heterocycles. The van der Waals surface area contributed by atoms with Crippen LogP contribution in [0.4, 0.5) is 4.79 Å². The van der Waals surface area contributed by atoms with E-state index in [4.69, 9.17) is 5.73 Å². The van der Waals surface area contributed by atoms with Crippen LogP contribution in [0, 0.1) is 0 Å². The van der Waals surface area contributed by atoms with Gasteiger partial charge in [0.2, 0.25) is 11.3 Å². The van der Waals surface area contributed by atoms with Gasteiger partial charge in [-0.3, -0.25) is 24.2 Å². The quantitative estimate of drug-likeness (QED) is 0.789. The van der Waals surface area contributed by atoms with Crippen LogP contribution in [0.3, 0.4) is 0 Å². The van der Waals surface area contributed by atoms with Gasteiger partial charge in [-0.05, 0) is 31.5 Å². The number of imide groups is 2. The van der Waals surface area contributed by atoms with Crippen LogP contribution in [0.1, 0.15) is 19.4 Å². The lowest BCUT2D eigenvalue weighted by molar-refractivity contribution is -0.156. The summed E-state index contributed by atoms with van der Waals surface area (Å²) in [5.41, 5.74) is 3.36. The van der Waals surface area contributed by atoms with E-state index in [0.717, 1.165) is 9.80 Å². The summed E-state index contributed by atoms with van der Waals surface area (Å²) in [6.07, 6.45) is 0. The van der Waals surface area contributed by atoms with Gasteiger partial charge in [-0.25, -0.2) is 4.79 Å². The molecule has 1 heterocycles. The Morgan fingerprint density at radius 1 is 1.13 bits per heavy atom. The van der Waals surface area contributed by atoms with E-state index in [1.165, 1.54) is 19.2 Å². The summed E-state index contributed by atoms with van der Waals surface area (Å²) >= 11 is 3.25. The summed E-state index contributed by atoms with van der Waals surface area (Å²) in [5, 5.41) is 0. The van der Waals surface area contributed by atoms with Crippen LogP contribution in [-0.2, 0) is 19.8 Å². The van der Waals surface area contributed by atoms with Crippen molar-refractivity contribution in [3.8, 4) is 0 Å². The number of carbonyl (C=O) groups excluding carboxylic acids is 4. The van der Waals surface area contributed by atoms with Gasteiger partial charge >= 0.3 is 6.03 Å². The maximum absolute atomic E-state index is 12.9. The molecule has 0 radical (unpaired) electrons. The topological polar surface area (TPSA) is 101 Å². The third-order valence-electron chi connectivity index (χ3n) is 3.82. The SMILES string of the molecule is CC(C)N1C(=O)N(C)C(=O)C(C(N)=O)(c2ccc(Br)cc2)C1=O. The van der Waals surface area contributed by atoms with Crippen LogP contribution in [0.5, 0.6) is 0 Å². The van der Waals surface area contributed by atoms with Gasteiger partial charge in [0.1, 0.15) is 0 Å². The molecule has 0 saturated carbocycles. The summed E-state index contributed by atoms with van der Waals surface area (Å²) in [7, 11) is 1.23. The van der Waals surface area contributed by atoms with Crippen molar-refractivity contribution in [3.05, 3.63) is 34.3 Å². The largest absolute Gasteiger partial charge is 0.368 e. The number of hydrogen-bond acceptors (Lipinski definition) is 4. The number of urea groups is 1. The lowest BCUT2D eigenvalue weighted by atomic mass is 9.75. The van der Waals surface area contributed by atoms with E-state index in [-0.39, 0.29) is 5.56 Å². The van der Waals surface area contributed by atoms with Gasteiger partial charge in [0.15, 0.2) is 0 Å². The zero-order chi connectivity index (χ0) is 17.5. The predicted octanol–water partition coefficient (Wildman–Crippen LogP) is 1.00. The molecular weight excluding hydrogens is 366 g/mol. The molecule has 1 aromatic carbocycles.